The average molecular weight is 272 g/mol. The van der Waals surface area contributed by atoms with Crippen LogP contribution < -0.4 is 4.74 Å². The summed E-state index contributed by atoms with van der Waals surface area (Å²) in [5.41, 5.74) is 2.64. The van der Waals surface area contributed by atoms with Gasteiger partial charge >= 0.3 is 0 Å². The molecular weight excluding hydrogens is 252 g/mol. The Labute approximate surface area is 120 Å². The number of ether oxygens (including phenoxy) is 1. The molecule has 0 aliphatic rings. The summed E-state index contributed by atoms with van der Waals surface area (Å²) in [6.07, 6.45) is 2.08. The highest BCUT2D eigenvalue weighted by Crippen LogP contribution is 2.31. The second-order valence-electron chi connectivity index (χ2n) is 4.43. The van der Waals surface area contributed by atoms with Gasteiger partial charge in [-0.1, -0.05) is 37.7 Å². The van der Waals surface area contributed by atoms with Crippen molar-refractivity contribution < 1.29 is 4.74 Å². The maximum absolute atomic E-state index is 5.36. The maximum atomic E-state index is 5.36. The van der Waals surface area contributed by atoms with Gasteiger partial charge in [0.15, 0.2) is 0 Å². The van der Waals surface area contributed by atoms with Crippen LogP contribution in [0.25, 0.3) is 0 Å². The SMILES string of the molecule is CCc1ccc(Sc2ccc(OC)c(CC)c2)cc1. The first-order chi connectivity index (χ1) is 9.26. The number of aryl methyl sites for hydroxylation is 2. The molecule has 0 spiro atoms. The topological polar surface area (TPSA) is 9.23 Å². The van der Waals surface area contributed by atoms with Crippen molar-refractivity contribution in [2.45, 2.75) is 36.5 Å². The van der Waals surface area contributed by atoms with Crippen molar-refractivity contribution in [1.29, 1.82) is 0 Å². The molecule has 0 aliphatic carbocycles. The zero-order valence-electron chi connectivity index (χ0n) is 11.8. The lowest BCUT2D eigenvalue weighted by atomic mass is 10.1. The van der Waals surface area contributed by atoms with Crippen molar-refractivity contribution in [1.82, 2.24) is 0 Å². The maximum Gasteiger partial charge on any atom is 0.122 e. The molecule has 100 valence electrons. The molecule has 0 radical (unpaired) electrons. The van der Waals surface area contributed by atoms with E-state index in [0.29, 0.717) is 0 Å². The summed E-state index contributed by atoms with van der Waals surface area (Å²) in [5, 5.41) is 0. The fraction of sp³-hybridized carbons (Fsp3) is 0.294. The summed E-state index contributed by atoms with van der Waals surface area (Å²) in [5.74, 6) is 0.980. The molecule has 0 aliphatic heterocycles. The van der Waals surface area contributed by atoms with Gasteiger partial charge in [0, 0.05) is 9.79 Å². The van der Waals surface area contributed by atoms with Gasteiger partial charge in [-0.25, -0.2) is 0 Å². The van der Waals surface area contributed by atoms with Crippen LogP contribution in [0, 0.1) is 0 Å². The van der Waals surface area contributed by atoms with Crippen LogP contribution >= 0.6 is 11.8 Å². The van der Waals surface area contributed by atoms with Crippen LogP contribution in [0.5, 0.6) is 5.75 Å². The molecule has 2 heteroatoms. The van der Waals surface area contributed by atoms with Crippen LogP contribution in [0.2, 0.25) is 0 Å². The Morgan fingerprint density at radius 3 is 2.16 bits per heavy atom. The molecule has 2 rings (SSSR count). The zero-order valence-corrected chi connectivity index (χ0v) is 12.6. The lowest BCUT2D eigenvalue weighted by molar-refractivity contribution is 0.409. The molecule has 0 saturated heterocycles. The van der Waals surface area contributed by atoms with Gasteiger partial charge in [0.25, 0.3) is 0 Å². The average Bonchev–Trinajstić information content (AvgIpc) is 2.48. The van der Waals surface area contributed by atoms with Crippen LogP contribution in [-0.4, -0.2) is 7.11 Å². The summed E-state index contributed by atoms with van der Waals surface area (Å²) in [6.45, 7) is 4.33. The fourth-order valence-corrected chi connectivity index (χ4v) is 2.91. The highest BCUT2D eigenvalue weighted by Gasteiger charge is 2.04. The number of rotatable bonds is 5. The molecule has 1 nitrogen and oxygen atoms in total. The quantitative estimate of drug-likeness (QED) is 0.760. The number of hydrogen-bond donors (Lipinski definition) is 0. The van der Waals surface area contributed by atoms with Crippen molar-refractivity contribution in [3.63, 3.8) is 0 Å². The van der Waals surface area contributed by atoms with Crippen molar-refractivity contribution in [3.05, 3.63) is 53.6 Å². The molecule has 2 aromatic rings. The summed E-state index contributed by atoms with van der Waals surface area (Å²) in [6, 6.07) is 15.2. The van der Waals surface area contributed by atoms with Crippen LogP contribution in [0.1, 0.15) is 25.0 Å². The van der Waals surface area contributed by atoms with E-state index in [0.717, 1.165) is 18.6 Å². The van der Waals surface area contributed by atoms with Crippen molar-refractivity contribution >= 4 is 11.8 Å². The van der Waals surface area contributed by atoms with E-state index in [4.69, 9.17) is 4.74 Å². The Kier molecular flexibility index (Phi) is 4.92. The third kappa shape index (κ3) is 3.54. The van der Waals surface area contributed by atoms with Crippen molar-refractivity contribution in [2.75, 3.05) is 7.11 Å². The van der Waals surface area contributed by atoms with E-state index in [-0.39, 0.29) is 0 Å². The number of benzene rings is 2. The van der Waals surface area contributed by atoms with Gasteiger partial charge in [0.1, 0.15) is 5.75 Å². The van der Waals surface area contributed by atoms with Gasteiger partial charge in [0.05, 0.1) is 7.11 Å². The summed E-state index contributed by atoms with van der Waals surface area (Å²) in [7, 11) is 1.73. The molecule has 0 saturated carbocycles. The van der Waals surface area contributed by atoms with Gasteiger partial charge < -0.3 is 4.74 Å². The first kappa shape index (κ1) is 14.0. The summed E-state index contributed by atoms with van der Waals surface area (Å²) in [4.78, 5) is 2.55. The molecule has 0 unspecified atom stereocenters. The van der Waals surface area contributed by atoms with Crippen molar-refractivity contribution in [2.24, 2.45) is 0 Å². The molecule has 19 heavy (non-hydrogen) atoms. The minimum absolute atomic E-state index is 0.980. The summed E-state index contributed by atoms with van der Waals surface area (Å²) >= 11 is 1.80. The second kappa shape index (κ2) is 6.67. The third-order valence-electron chi connectivity index (χ3n) is 3.20. The molecule has 0 bridgehead atoms. The highest BCUT2D eigenvalue weighted by atomic mass is 32.2. The first-order valence-electron chi connectivity index (χ1n) is 6.70. The Morgan fingerprint density at radius 1 is 0.895 bits per heavy atom. The standard InChI is InChI=1S/C17H20OS/c1-4-13-6-8-15(9-7-13)19-16-10-11-17(18-3)14(5-2)12-16/h6-12H,4-5H2,1-3H3. The van der Waals surface area contributed by atoms with Gasteiger partial charge in [0.2, 0.25) is 0 Å². The molecule has 0 heterocycles. The lowest BCUT2D eigenvalue weighted by Gasteiger charge is -2.09. The van der Waals surface area contributed by atoms with E-state index in [9.17, 15) is 0 Å². The second-order valence-corrected chi connectivity index (χ2v) is 5.57. The fourth-order valence-electron chi connectivity index (χ4n) is 2.02. The molecule has 0 N–H and O–H groups in total. The van der Waals surface area contributed by atoms with E-state index < -0.39 is 0 Å². The van der Waals surface area contributed by atoms with Crippen LogP contribution in [0.3, 0.4) is 0 Å². The van der Waals surface area contributed by atoms with Gasteiger partial charge in [-0.3, -0.25) is 0 Å². The number of hydrogen-bond acceptors (Lipinski definition) is 2. The lowest BCUT2D eigenvalue weighted by Crippen LogP contribution is -1.90. The largest absolute Gasteiger partial charge is 0.496 e. The van der Waals surface area contributed by atoms with E-state index in [1.807, 2.05) is 0 Å². The monoisotopic (exact) mass is 272 g/mol. The molecule has 2 aromatic carbocycles. The molecule has 0 atom stereocenters. The third-order valence-corrected chi connectivity index (χ3v) is 4.20. The first-order valence-corrected chi connectivity index (χ1v) is 7.52. The summed E-state index contributed by atoms with van der Waals surface area (Å²) < 4.78 is 5.36. The Morgan fingerprint density at radius 2 is 1.58 bits per heavy atom. The minimum atomic E-state index is 0.980. The Bertz CT molecular complexity index is 531. The predicted molar refractivity (Wildman–Crippen MR) is 82.3 cm³/mol. The highest BCUT2D eigenvalue weighted by molar-refractivity contribution is 7.99. The molecular formula is C17H20OS. The van der Waals surface area contributed by atoms with Crippen LogP contribution in [0.15, 0.2) is 52.3 Å². The Balaban J connectivity index is 2.18. The number of methoxy groups -OCH3 is 1. The van der Waals surface area contributed by atoms with E-state index in [2.05, 4.69) is 56.3 Å². The van der Waals surface area contributed by atoms with Gasteiger partial charge in [-0.2, -0.15) is 0 Å². The zero-order chi connectivity index (χ0) is 13.7. The van der Waals surface area contributed by atoms with Crippen LogP contribution in [-0.2, 0) is 12.8 Å². The molecule has 0 aromatic heterocycles. The smallest absolute Gasteiger partial charge is 0.122 e. The van der Waals surface area contributed by atoms with Gasteiger partial charge in [-0.15, -0.1) is 0 Å². The normalized spacial score (nSPS) is 10.5. The van der Waals surface area contributed by atoms with E-state index >= 15 is 0 Å². The van der Waals surface area contributed by atoms with Crippen molar-refractivity contribution in [3.8, 4) is 5.75 Å². The minimum Gasteiger partial charge on any atom is -0.496 e. The van der Waals surface area contributed by atoms with E-state index in [1.54, 1.807) is 18.9 Å². The predicted octanol–water partition coefficient (Wildman–Crippen LogP) is 4.97. The van der Waals surface area contributed by atoms with Crippen LogP contribution in [0.4, 0.5) is 0 Å². The molecule has 0 fully saturated rings. The van der Waals surface area contributed by atoms with Gasteiger partial charge in [-0.05, 0) is 54.3 Å². The Hall–Kier alpha value is -1.41. The van der Waals surface area contributed by atoms with E-state index in [1.165, 1.54) is 20.9 Å². The molecule has 0 amide bonds.